The van der Waals surface area contributed by atoms with Crippen LogP contribution in [0.15, 0.2) is 54.6 Å². The predicted octanol–water partition coefficient (Wildman–Crippen LogP) is 3.78. The smallest absolute Gasteiger partial charge is 0.250 e. The van der Waals surface area contributed by atoms with E-state index in [4.69, 9.17) is 12.2 Å². The number of thiocarbonyl (C=S) groups is 1. The molecule has 8 heteroatoms. The monoisotopic (exact) mass is 396 g/mol. The molecule has 3 aromatic rings. The normalized spacial score (nSPS) is 10.7. The van der Waals surface area contributed by atoms with Gasteiger partial charge in [0.2, 0.25) is 11.8 Å². The average Bonchev–Trinajstić information content (AvgIpc) is 3.01. The number of amides is 2. The maximum atomic E-state index is 12.0. The van der Waals surface area contributed by atoms with Crippen molar-refractivity contribution in [3.63, 3.8) is 0 Å². The Kier molecular flexibility index (Phi) is 5.90. The summed E-state index contributed by atoms with van der Waals surface area (Å²) in [5, 5.41) is 8.94. The van der Waals surface area contributed by atoms with Gasteiger partial charge in [0.25, 0.3) is 0 Å². The van der Waals surface area contributed by atoms with Crippen molar-refractivity contribution in [3.8, 4) is 0 Å². The topological polar surface area (TPSA) is 83.1 Å². The second-order valence-electron chi connectivity index (χ2n) is 5.57. The first kappa shape index (κ1) is 18.7. The van der Waals surface area contributed by atoms with Crippen LogP contribution < -0.4 is 16.0 Å². The molecule has 0 saturated heterocycles. The molecule has 0 bridgehead atoms. The van der Waals surface area contributed by atoms with Crippen LogP contribution in [0.4, 0.5) is 10.8 Å². The summed E-state index contributed by atoms with van der Waals surface area (Å²) in [6, 6.07) is 14.9. The summed E-state index contributed by atoms with van der Waals surface area (Å²) in [4.78, 5) is 27.5. The van der Waals surface area contributed by atoms with Crippen LogP contribution in [0.1, 0.15) is 12.5 Å². The maximum Gasteiger partial charge on any atom is 0.250 e. The Morgan fingerprint density at radius 2 is 1.89 bits per heavy atom. The Hall–Kier alpha value is -3.10. The van der Waals surface area contributed by atoms with Gasteiger partial charge < -0.3 is 10.6 Å². The number of thiazole rings is 1. The molecule has 0 fully saturated rings. The second-order valence-corrected chi connectivity index (χ2v) is 7.01. The molecule has 2 amide bonds. The van der Waals surface area contributed by atoms with E-state index in [1.54, 1.807) is 12.1 Å². The maximum absolute atomic E-state index is 12.0. The summed E-state index contributed by atoms with van der Waals surface area (Å²) < 4.78 is 0.891. The van der Waals surface area contributed by atoms with Crippen molar-refractivity contribution in [3.05, 3.63) is 60.2 Å². The van der Waals surface area contributed by atoms with E-state index in [1.807, 2.05) is 42.5 Å². The van der Waals surface area contributed by atoms with Crippen molar-refractivity contribution in [2.45, 2.75) is 6.92 Å². The Morgan fingerprint density at radius 3 is 2.63 bits per heavy atom. The molecule has 0 radical (unpaired) electrons. The number of carbonyl (C=O) groups excluding carboxylic acids is 2. The van der Waals surface area contributed by atoms with E-state index in [9.17, 15) is 9.59 Å². The van der Waals surface area contributed by atoms with Crippen LogP contribution in [0, 0.1) is 0 Å². The molecule has 3 rings (SSSR count). The zero-order valence-corrected chi connectivity index (χ0v) is 16.0. The lowest BCUT2D eigenvalue weighted by atomic mass is 10.2. The fourth-order valence-electron chi connectivity index (χ4n) is 2.28. The lowest BCUT2D eigenvalue weighted by Gasteiger charge is -2.04. The van der Waals surface area contributed by atoms with Crippen molar-refractivity contribution in [2.75, 3.05) is 10.6 Å². The first-order chi connectivity index (χ1) is 13.0. The van der Waals surface area contributed by atoms with Crippen LogP contribution in [-0.4, -0.2) is 21.9 Å². The molecule has 6 nitrogen and oxygen atoms in total. The zero-order valence-electron chi connectivity index (χ0n) is 14.4. The molecule has 3 N–H and O–H groups in total. The van der Waals surface area contributed by atoms with Crippen LogP contribution in [-0.2, 0) is 9.59 Å². The molecule has 0 atom stereocenters. The fraction of sp³-hybridized carbons (Fsp3) is 0.0526. The van der Waals surface area contributed by atoms with Gasteiger partial charge in [-0.15, -0.1) is 0 Å². The number of rotatable bonds is 4. The molecular formula is C19H16N4O2S2. The van der Waals surface area contributed by atoms with Crippen LogP contribution in [0.3, 0.4) is 0 Å². The van der Waals surface area contributed by atoms with Gasteiger partial charge >= 0.3 is 0 Å². The van der Waals surface area contributed by atoms with Crippen molar-refractivity contribution in [1.29, 1.82) is 0 Å². The van der Waals surface area contributed by atoms with E-state index >= 15 is 0 Å². The Balaban J connectivity index is 1.61. The molecule has 27 heavy (non-hydrogen) atoms. The molecule has 0 aliphatic rings. The number of anilines is 2. The molecule has 0 spiro atoms. The number of nitrogens with one attached hydrogen (secondary N) is 3. The summed E-state index contributed by atoms with van der Waals surface area (Å²) in [7, 11) is 0. The van der Waals surface area contributed by atoms with E-state index in [1.165, 1.54) is 24.3 Å². The van der Waals surface area contributed by atoms with E-state index in [0.29, 0.717) is 10.8 Å². The summed E-state index contributed by atoms with van der Waals surface area (Å²) in [6.07, 6.45) is 3.13. The molecular weight excluding hydrogens is 380 g/mol. The van der Waals surface area contributed by atoms with Gasteiger partial charge in [0.15, 0.2) is 10.2 Å². The highest BCUT2D eigenvalue weighted by Gasteiger charge is 2.08. The van der Waals surface area contributed by atoms with Gasteiger partial charge in [0.1, 0.15) is 0 Å². The van der Waals surface area contributed by atoms with Crippen LogP contribution in [0.5, 0.6) is 0 Å². The molecule has 0 aliphatic heterocycles. The first-order valence-corrected chi connectivity index (χ1v) is 9.25. The lowest BCUT2D eigenvalue weighted by Crippen LogP contribution is -2.32. The standard InChI is InChI=1S/C19H16N4O2S2/c1-12(24)20-14-8-9-15-16(11-14)27-19(21-15)23-18(26)22-17(25)10-7-13-5-3-2-4-6-13/h2-11H,1H3,(H,20,24)(H2,21,22,23,25,26). The summed E-state index contributed by atoms with van der Waals surface area (Å²) in [5.41, 5.74) is 2.40. The third-order valence-electron chi connectivity index (χ3n) is 3.39. The number of carbonyl (C=O) groups is 2. The fourth-order valence-corrected chi connectivity index (χ4v) is 3.45. The SMILES string of the molecule is CC(=O)Nc1ccc2nc(NC(=S)NC(=O)C=Cc3ccccc3)sc2c1. The minimum Gasteiger partial charge on any atom is -0.326 e. The molecule has 1 aromatic heterocycles. The van der Waals surface area contributed by atoms with Crippen LogP contribution in [0.2, 0.25) is 0 Å². The van der Waals surface area contributed by atoms with Gasteiger partial charge in [-0.05, 0) is 42.1 Å². The lowest BCUT2D eigenvalue weighted by molar-refractivity contribution is -0.115. The molecule has 0 aliphatic carbocycles. The van der Waals surface area contributed by atoms with Gasteiger partial charge in [-0.1, -0.05) is 41.7 Å². The third-order valence-corrected chi connectivity index (χ3v) is 4.53. The Labute approximate surface area is 165 Å². The van der Waals surface area contributed by atoms with E-state index in [0.717, 1.165) is 15.8 Å². The minimum absolute atomic E-state index is 0.135. The quantitative estimate of drug-likeness (QED) is 0.462. The Morgan fingerprint density at radius 1 is 1.11 bits per heavy atom. The van der Waals surface area contributed by atoms with Gasteiger partial charge in [0, 0.05) is 18.7 Å². The Bertz CT molecular complexity index is 1030. The number of benzene rings is 2. The number of hydrogen-bond donors (Lipinski definition) is 3. The van der Waals surface area contributed by atoms with Crippen molar-refractivity contribution >= 4 is 67.6 Å². The van der Waals surface area contributed by atoms with Crippen LogP contribution >= 0.6 is 23.6 Å². The molecule has 136 valence electrons. The zero-order chi connectivity index (χ0) is 19.2. The van der Waals surface area contributed by atoms with Crippen molar-refractivity contribution < 1.29 is 9.59 Å². The average molecular weight is 396 g/mol. The third kappa shape index (κ3) is 5.44. The minimum atomic E-state index is -0.328. The summed E-state index contributed by atoms with van der Waals surface area (Å²) >= 11 is 6.54. The predicted molar refractivity (Wildman–Crippen MR) is 114 cm³/mol. The highest BCUT2D eigenvalue weighted by atomic mass is 32.1. The second kappa shape index (κ2) is 8.52. The van der Waals surface area contributed by atoms with E-state index in [-0.39, 0.29) is 16.9 Å². The number of aromatic nitrogens is 1. The highest BCUT2D eigenvalue weighted by molar-refractivity contribution is 7.80. The first-order valence-electron chi connectivity index (χ1n) is 8.03. The van der Waals surface area contributed by atoms with Gasteiger partial charge in [-0.3, -0.25) is 14.9 Å². The van der Waals surface area contributed by atoms with Crippen molar-refractivity contribution in [1.82, 2.24) is 10.3 Å². The van der Waals surface area contributed by atoms with Gasteiger partial charge in [0.05, 0.1) is 10.2 Å². The number of fused-ring (bicyclic) bond motifs is 1. The van der Waals surface area contributed by atoms with E-state index < -0.39 is 0 Å². The largest absolute Gasteiger partial charge is 0.326 e. The van der Waals surface area contributed by atoms with Crippen molar-refractivity contribution in [2.24, 2.45) is 0 Å². The number of hydrogen-bond acceptors (Lipinski definition) is 5. The summed E-state index contributed by atoms with van der Waals surface area (Å²) in [6.45, 7) is 1.46. The molecule has 1 heterocycles. The highest BCUT2D eigenvalue weighted by Crippen LogP contribution is 2.28. The van der Waals surface area contributed by atoms with E-state index in [2.05, 4.69) is 20.9 Å². The van der Waals surface area contributed by atoms with Gasteiger partial charge in [-0.2, -0.15) is 0 Å². The van der Waals surface area contributed by atoms with Crippen LogP contribution in [0.25, 0.3) is 16.3 Å². The molecule has 2 aromatic carbocycles. The molecule has 0 unspecified atom stereocenters. The van der Waals surface area contributed by atoms with Gasteiger partial charge in [-0.25, -0.2) is 4.98 Å². The molecule has 0 saturated carbocycles. The summed E-state index contributed by atoms with van der Waals surface area (Å²) in [5.74, 6) is -0.463. The number of nitrogens with zero attached hydrogens (tertiary/aromatic N) is 1.